The average molecular weight is 316 g/mol. The van der Waals surface area contributed by atoms with Crippen LogP contribution in [0, 0.1) is 21.0 Å². The maximum absolute atomic E-state index is 13.2. The Labute approximate surface area is 91.2 Å². The molecule has 0 atom stereocenters. The van der Waals surface area contributed by atoms with Crippen LogP contribution in [0.5, 0.6) is 0 Å². The SMILES string of the molecule is COC(=O)c1cc(F)c(F)c(I)c1F. The van der Waals surface area contributed by atoms with Crippen LogP contribution in [0.15, 0.2) is 6.07 Å². The van der Waals surface area contributed by atoms with Crippen LogP contribution in [0.2, 0.25) is 0 Å². The van der Waals surface area contributed by atoms with Gasteiger partial charge in [0, 0.05) is 0 Å². The van der Waals surface area contributed by atoms with E-state index in [1.54, 1.807) is 0 Å². The van der Waals surface area contributed by atoms with Crippen molar-refractivity contribution >= 4 is 28.6 Å². The third-order valence-electron chi connectivity index (χ3n) is 1.51. The average Bonchev–Trinajstić information content (AvgIpc) is 2.19. The van der Waals surface area contributed by atoms with Gasteiger partial charge in [-0.05, 0) is 28.7 Å². The Morgan fingerprint density at radius 1 is 1.36 bits per heavy atom. The number of methoxy groups -OCH3 is 1. The molecule has 1 rings (SSSR count). The first kappa shape index (κ1) is 11.3. The number of carbonyl (C=O) groups excluding carboxylic acids is 1. The molecule has 0 aliphatic heterocycles. The van der Waals surface area contributed by atoms with Gasteiger partial charge in [0.25, 0.3) is 0 Å². The number of ether oxygens (including phenoxy) is 1. The molecule has 0 fully saturated rings. The van der Waals surface area contributed by atoms with Crippen LogP contribution >= 0.6 is 22.6 Å². The first-order chi connectivity index (χ1) is 6.49. The van der Waals surface area contributed by atoms with E-state index in [2.05, 4.69) is 4.74 Å². The minimum Gasteiger partial charge on any atom is -0.465 e. The van der Waals surface area contributed by atoms with Crippen molar-refractivity contribution in [2.45, 2.75) is 0 Å². The summed E-state index contributed by atoms with van der Waals surface area (Å²) in [6, 6.07) is 0.471. The molecule has 0 saturated carbocycles. The predicted molar refractivity (Wildman–Crippen MR) is 50.4 cm³/mol. The molecule has 0 aromatic heterocycles. The molecule has 2 nitrogen and oxygen atoms in total. The van der Waals surface area contributed by atoms with Crippen molar-refractivity contribution in [1.82, 2.24) is 0 Å². The van der Waals surface area contributed by atoms with Crippen LogP contribution < -0.4 is 0 Å². The monoisotopic (exact) mass is 316 g/mol. The lowest BCUT2D eigenvalue weighted by atomic mass is 10.2. The molecule has 76 valence electrons. The maximum Gasteiger partial charge on any atom is 0.340 e. The van der Waals surface area contributed by atoms with E-state index in [0.717, 1.165) is 7.11 Å². The molecule has 0 heterocycles. The summed E-state index contributed by atoms with van der Waals surface area (Å²) in [5.41, 5.74) is -0.615. The fraction of sp³-hybridized carbons (Fsp3) is 0.125. The van der Waals surface area contributed by atoms with E-state index in [9.17, 15) is 18.0 Å². The van der Waals surface area contributed by atoms with Crippen LogP contribution in [0.3, 0.4) is 0 Å². The van der Waals surface area contributed by atoms with Crippen molar-refractivity contribution in [2.24, 2.45) is 0 Å². The highest BCUT2D eigenvalue weighted by molar-refractivity contribution is 14.1. The van der Waals surface area contributed by atoms with E-state index in [1.165, 1.54) is 22.6 Å². The molecule has 0 radical (unpaired) electrons. The van der Waals surface area contributed by atoms with Crippen molar-refractivity contribution in [3.8, 4) is 0 Å². The van der Waals surface area contributed by atoms with Crippen molar-refractivity contribution in [1.29, 1.82) is 0 Å². The molecule has 1 aromatic rings. The molecule has 14 heavy (non-hydrogen) atoms. The molecule has 1 aromatic carbocycles. The zero-order chi connectivity index (χ0) is 10.9. The second kappa shape index (κ2) is 4.16. The minimum atomic E-state index is -1.31. The summed E-state index contributed by atoms with van der Waals surface area (Å²) < 4.78 is 42.3. The Morgan fingerprint density at radius 3 is 2.43 bits per heavy atom. The molecule has 0 aliphatic rings. The Kier molecular flexibility index (Phi) is 3.35. The second-order valence-corrected chi connectivity index (χ2v) is 3.42. The van der Waals surface area contributed by atoms with Gasteiger partial charge in [0.15, 0.2) is 17.5 Å². The lowest BCUT2D eigenvalue weighted by Crippen LogP contribution is -2.08. The van der Waals surface area contributed by atoms with Crippen molar-refractivity contribution in [3.05, 3.63) is 32.7 Å². The molecular weight excluding hydrogens is 312 g/mol. The number of carbonyl (C=O) groups is 1. The normalized spacial score (nSPS) is 10.1. The van der Waals surface area contributed by atoms with Gasteiger partial charge in [-0.1, -0.05) is 0 Å². The van der Waals surface area contributed by atoms with Gasteiger partial charge in [-0.2, -0.15) is 0 Å². The number of hydrogen-bond acceptors (Lipinski definition) is 2. The summed E-state index contributed by atoms with van der Waals surface area (Å²) in [7, 11) is 1.02. The zero-order valence-corrected chi connectivity index (χ0v) is 9.06. The Balaban J connectivity index is 3.40. The Bertz CT molecular complexity index is 393. The summed E-state index contributed by atoms with van der Waals surface area (Å²) >= 11 is 1.27. The van der Waals surface area contributed by atoms with Gasteiger partial charge in [-0.3, -0.25) is 0 Å². The lowest BCUT2D eigenvalue weighted by molar-refractivity contribution is 0.0594. The largest absolute Gasteiger partial charge is 0.465 e. The first-order valence-electron chi connectivity index (χ1n) is 3.40. The van der Waals surface area contributed by atoms with Gasteiger partial charge in [0.05, 0.1) is 16.2 Å². The van der Waals surface area contributed by atoms with Crippen molar-refractivity contribution in [2.75, 3.05) is 7.11 Å². The van der Waals surface area contributed by atoms with Gasteiger partial charge < -0.3 is 4.74 Å². The molecule has 0 amide bonds. The summed E-state index contributed by atoms with van der Waals surface area (Å²) in [4.78, 5) is 10.9. The van der Waals surface area contributed by atoms with Gasteiger partial charge in [-0.25, -0.2) is 18.0 Å². The molecule has 0 saturated heterocycles. The topological polar surface area (TPSA) is 26.3 Å². The van der Waals surface area contributed by atoms with Gasteiger partial charge in [0.2, 0.25) is 0 Å². The first-order valence-corrected chi connectivity index (χ1v) is 4.48. The summed E-state index contributed by atoms with van der Waals surface area (Å²) in [6.07, 6.45) is 0. The number of halogens is 4. The molecule has 0 unspecified atom stereocenters. The Hall–Kier alpha value is -0.790. The quantitative estimate of drug-likeness (QED) is 0.344. The van der Waals surface area contributed by atoms with Crippen LogP contribution in [0.4, 0.5) is 13.2 Å². The third kappa shape index (κ3) is 1.84. The van der Waals surface area contributed by atoms with E-state index in [-0.39, 0.29) is 0 Å². The van der Waals surface area contributed by atoms with E-state index in [4.69, 9.17) is 0 Å². The van der Waals surface area contributed by atoms with Crippen LogP contribution in [0.1, 0.15) is 10.4 Å². The van der Waals surface area contributed by atoms with E-state index < -0.39 is 32.6 Å². The summed E-state index contributed by atoms with van der Waals surface area (Å²) in [6.45, 7) is 0. The fourth-order valence-electron chi connectivity index (χ4n) is 0.831. The van der Waals surface area contributed by atoms with Crippen LogP contribution in [-0.4, -0.2) is 13.1 Å². The molecule has 0 spiro atoms. The fourth-order valence-corrected chi connectivity index (χ4v) is 1.38. The maximum atomic E-state index is 13.2. The molecule has 0 N–H and O–H groups in total. The van der Waals surface area contributed by atoms with Gasteiger partial charge >= 0.3 is 5.97 Å². The number of esters is 1. The Morgan fingerprint density at radius 2 is 1.93 bits per heavy atom. The molecule has 0 aliphatic carbocycles. The number of benzene rings is 1. The summed E-state index contributed by atoms with van der Waals surface area (Å²) in [5.74, 6) is -4.75. The highest BCUT2D eigenvalue weighted by atomic mass is 127. The number of hydrogen-bond donors (Lipinski definition) is 0. The van der Waals surface area contributed by atoms with Crippen LogP contribution in [0.25, 0.3) is 0 Å². The highest BCUT2D eigenvalue weighted by Gasteiger charge is 2.21. The standard InChI is InChI=1S/C8H4F3IO2/c1-14-8(13)3-2-4(9)6(11)7(12)5(3)10/h2H,1H3. The predicted octanol–water partition coefficient (Wildman–Crippen LogP) is 2.50. The van der Waals surface area contributed by atoms with Crippen molar-refractivity contribution in [3.63, 3.8) is 0 Å². The molecular formula is C8H4F3IO2. The van der Waals surface area contributed by atoms with Crippen LogP contribution in [-0.2, 0) is 4.74 Å². The molecule has 6 heteroatoms. The summed E-state index contributed by atoms with van der Waals surface area (Å²) in [5, 5.41) is 0. The smallest absolute Gasteiger partial charge is 0.340 e. The van der Waals surface area contributed by atoms with Gasteiger partial charge in [-0.15, -0.1) is 0 Å². The van der Waals surface area contributed by atoms with E-state index in [1.807, 2.05) is 0 Å². The van der Waals surface area contributed by atoms with E-state index in [0.29, 0.717) is 6.07 Å². The van der Waals surface area contributed by atoms with Gasteiger partial charge in [0.1, 0.15) is 0 Å². The zero-order valence-electron chi connectivity index (χ0n) is 6.91. The molecule has 0 bridgehead atoms. The lowest BCUT2D eigenvalue weighted by Gasteiger charge is -2.04. The third-order valence-corrected chi connectivity index (χ3v) is 2.46. The minimum absolute atomic E-state index is 0.471. The number of rotatable bonds is 1. The second-order valence-electron chi connectivity index (χ2n) is 2.34. The van der Waals surface area contributed by atoms with E-state index >= 15 is 0 Å². The highest BCUT2D eigenvalue weighted by Crippen LogP contribution is 2.22. The van der Waals surface area contributed by atoms with Crippen molar-refractivity contribution < 1.29 is 22.7 Å².